The lowest BCUT2D eigenvalue weighted by Crippen LogP contribution is -2.06. The van der Waals surface area contributed by atoms with Crippen molar-refractivity contribution in [3.63, 3.8) is 0 Å². The van der Waals surface area contributed by atoms with Crippen molar-refractivity contribution in [3.05, 3.63) is 28.8 Å². The van der Waals surface area contributed by atoms with Crippen LogP contribution in [0, 0.1) is 0 Å². The zero-order valence-corrected chi connectivity index (χ0v) is 10.8. The Labute approximate surface area is 103 Å². The van der Waals surface area contributed by atoms with E-state index >= 15 is 0 Å². The molecule has 0 aliphatic rings. The van der Waals surface area contributed by atoms with Crippen molar-refractivity contribution in [2.24, 2.45) is 0 Å². The average molecular weight is 262 g/mol. The molecule has 1 aromatic carbocycles. The number of hydrogen-bond donors (Lipinski definition) is 1. The van der Waals surface area contributed by atoms with Crippen LogP contribution >= 0.6 is 11.6 Å². The van der Waals surface area contributed by atoms with Gasteiger partial charge in [0.25, 0.3) is 0 Å². The minimum absolute atomic E-state index is 0.412. The van der Waals surface area contributed by atoms with Crippen LogP contribution in [0.4, 0.5) is 5.69 Å². The summed E-state index contributed by atoms with van der Waals surface area (Å²) in [6.45, 7) is 0.629. The van der Waals surface area contributed by atoms with Crippen molar-refractivity contribution < 1.29 is 8.95 Å². The van der Waals surface area contributed by atoms with Crippen LogP contribution in [0.25, 0.3) is 0 Å². The topological polar surface area (TPSA) is 52.3 Å². The highest BCUT2D eigenvalue weighted by molar-refractivity contribution is 7.84. The van der Waals surface area contributed by atoms with Crippen LogP contribution in [0.1, 0.15) is 12.0 Å². The maximum absolute atomic E-state index is 11.7. The van der Waals surface area contributed by atoms with Gasteiger partial charge in [-0.2, -0.15) is 0 Å². The SMILES string of the molecule is COCCCS(=O)Cc1c(N)cccc1Cl. The first-order valence-corrected chi connectivity index (χ1v) is 6.88. The lowest BCUT2D eigenvalue weighted by Gasteiger charge is -2.07. The van der Waals surface area contributed by atoms with Crippen molar-refractivity contribution >= 4 is 28.1 Å². The lowest BCUT2D eigenvalue weighted by atomic mass is 10.2. The van der Waals surface area contributed by atoms with Gasteiger partial charge in [0.2, 0.25) is 0 Å². The highest BCUT2D eigenvalue weighted by Gasteiger charge is 2.08. The molecule has 1 unspecified atom stereocenters. The summed E-state index contributed by atoms with van der Waals surface area (Å²) in [5, 5.41) is 0.583. The van der Waals surface area contributed by atoms with E-state index in [2.05, 4.69) is 0 Å². The van der Waals surface area contributed by atoms with Gasteiger partial charge in [-0.1, -0.05) is 17.7 Å². The van der Waals surface area contributed by atoms with Gasteiger partial charge in [0.15, 0.2) is 0 Å². The van der Waals surface area contributed by atoms with Gasteiger partial charge in [0, 0.05) is 46.5 Å². The number of anilines is 1. The second-order valence-corrected chi connectivity index (χ2v) is 5.43. The summed E-state index contributed by atoms with van der Waals surface area (Å²) in [5.41, 5.74) is 7.16. The maximum atomic E-state index is 11.7. The predicted octanol–water partition coefficient (Wildman–Crippen LogP) is 2.21. The molecule has 16 heavy (non-hydrogen) atoms. The molecule has 3 nitrogen and oxygen atoms in total. The Morgan fingerprint density at radius 2 is 2.25 bits per heavy atom. The molecule has 0 aliphatic carbocycles. The van der Waals surface area contributed by atoms with E-state index in [-0.39, 0.29) is 0 Å². The van der Waals surface area contributed by atoms with Crippen LogP contribution in [-0.2, 0) is 21.3 Å². The van der Waals surface area contributed by atoms with Gasteiger partial charge >= 0.3 is 0 Å². The molecule has 0 saturated carbocycles. The van der Waals surface area contributed by atoms with Crippen LogP contribution in [-0.4, -0.2) is 23.7 Å². The zero-order valence-electron chi connectivity index (χ0n) is 9.24. The van der Waals surface area contributed by atoms with Gasteiger partial charge in [0.05, 0.1) is 5.75 Å². The lowest BCUT2D eigenvalue weighted by molar-refractivity contribution is 0.200. The van der Waals surface area contributed by atoms with Crippen molar-refractivity contribution in [1.29, 1.82) is 0 Å². The quantitative estimate of drug-likeness (QED) is 0.631. The third-order valence-electron chi connectivity index (χ3n) is 2.18. The highest BCUT2D eigenvalue weighted by Crippen LogP contribution is 2.23. The van der Waals surface area contributed by atoms with Crippen molar-refractivity contribution in [2.75, 3.05) is 25.2 Å². The summed E-state index contributed by atoms with van der Waals surface area (Å²) in [6, 6.07) is 5.32. The standard InChI is InChI=1S/C11H16ClNO2S/c1-15-6-3-7-16(14)8-9-10(12)4-2-5-11(9)13/h2,4-5H,3,6-8,13H2,1H3. The Hall–Kier alpha value is -0.580. The summed E-state index contributed by atoms with van der Waals surface area (Å²) in [7, 11) is 0.696. The third-order valence-corrected chi connectivity index (χ3v) is 3.89. The summed E-state index contributed by atoms with van der Waals surface area (Å²) in [5.74, 6) is 1.02. The molecular weight excluding hydrogens is 246 g/mol. The van der Waals surface area contributed by atoms with E-state index in [1.165, 1.54) is 0 Å². The number of benzene rings is 1. The largest absolute Gasteiger partial charge is 0.398 e. The molecule has 0 bridgehead atoms. The molecule has 0 saturated heterocycles. The molecule has 1 aromatic rings. The molecule has 5 heteroatoms. The molecule has 0 aromatic heterocycles. The minimum atomic E-state index is -0.937. The molecule has 2 N–H and O–H groups in total. The van der Waals surface area contributed by atoms with Crippen LogP contribution in [0.5, 0.6) is 0 Å². The second kappa shape index (κ2) is 6.89. The van der Waals surface area contributed by atoms with E-state index in [4.69, 9.17) is 22.1 Å². The first kappa shape index (κ1) is 13.5. The fourth-order valence-corrected chi connectivity index (χ4v) is 2.88. The van der Waals surface area contributed by atoms with E-state index < -0.39 is 10.8 Å². The summed E-state index contributed by atoms with van der Waals surface area (Å²) < 4.78 is 16.6. The Balaban J connectivity index is 2.56. The average Bonchev–Trinajstić information content (AvgIpc) is 2.24. The number of nitrogens with two attached hydrogens (primary N) is 1. The third kappa shape index (κ3) is 4.12. The number of rotatable bonds is 6. The molecular formula is C11H16ClNO2S. The molecule has 90 valence electrons. The van der Waals surface area contributed by atoms with Gasteiger partial charge < -0.3 is 10.5 Å². The monoisotopic (exact) mass is 261 g/mol. The molecule has 0 radical (unpaired) electrons. The van der Waals surface area contributed by atoms with E-state index in [0.29, 0.717) is 28.8 Å². The van der Waals surface area contributed by atoms with Crippen molar-refractivity contribution in [2.45, 2.75) is 12.2 Å². The maximum Gasteiger partial charge on any atom is 0.0520 e. The first-order chi connectivity index (χ1) is 7.65. The van der Waals surface area contributed by atoms with Gasteiger partial charge in [-0.25, -0.2) is 0 Å². The number of halogens is 1. The number of nitrogen functional groups attached to an aromatic ring is 1. The van der Waals surface area contributed by atoms with Crippen LogP contribution < -0.4 is 5.73 Å². The van der Waals surface area contributed by atoms with Gasteiger partial charge in [0.1, 0.15) is 0 Å². The summed E-state index contributed by atoms with van der Waals surface area (Å²) in [4.78, 5) is 0. The molecule has 0 heterocycles. The Bertz CT molecular complexity index is 351. The van der Waals surface area contributed by atoms with E-state index in [9.17, 15) is 4.21 Å². The summed E-state index contributed by atoms with van der Waals surface area (Å²) in [6.07, 6.45) is 0.785. The molecule has 0 aliphatic heterocycles. The van der Waals surface area contributed by atoms with Crippen LogP contribution in [0.2, 0.25) is 5.02 Å². The van der Waals surface area contributed by atoms with Crippen molar-refractivity contribution in [3.8, 4) is 0 Å². The summed E-state index contributed by atoms with van der Waals surface area (Å²) >= 11 is 6.00. The van der Waals surface area contributed by atoms with Crippen LogP contribution in [0.3, 0.4) is 0 Å². The molecule has 0 fully saturated rings. The Kier molecular flexibility index (Phi) is 5.80. The van der Waals surface area contributed by atoms with E-state index in [1.54, 1.807) is 25.3 Å². The second-order valence-electron chi connectivity index (χ2n) is 3.44. The van der Waals surface area contributed by atoms with E-state index in [1.807, 2.05) is 0 Å². The fourth-order valence-electron chi connectivity index (χ4n) is 1.33. The van der Waals surface area contributed by atoms with E-state index in [0.717, 1.165) is 12.0 Å². The molecule has 1 rings (SSSR count). The smallest absolute Gasteiger partial charge is 0.0520 e. The van der Waals surface area contributed by atoms with Crippen LogP contribution in [0.15, 0.2) is 18.2 Å². The Morgan fingerprint density at radius 1 is 1.50 bits per heavy atom. The normalized spacial score (nSPS) is 12.6. The first-order valence-electron chi connectivity index (χ1n) is 5.02. The van der Waals surface area contributed by atoms with Gasteiger partial charge in [-0.15, -0.1) is 0 Å². The van der Waals surface area contributed by atoms with Gasteiger partial charge in [-0.3, -0.25) is 4.21 Å². The van der Waals surface area contributed by atoms with Gasteiger partial charge in [-0.05, 0) is 18.6 Å². The molecule has 0 spiro atoms. The minimum Gasteiger partial charge on any atom is -0.398 e. The molecule has 1 atom stereocenters. The number of hydrogen-bond acceptors (Lipinski definition) is 3. The highest BCUT2D eigenvalue weighted by atomic mass is 35.5. The Morgan fingerprint density at radius 3 is 2.88 bits per heavy atom. The fraction of sp³-hybridized carbons (Fsp3) is 0.455. The zero-order chi connectivity index (χ0) is 12.0. The van der Waals surface area contributed by atoms with Crippen molar-refractivity contribution in [1.82, 2.24) is 0 Å². The number of ether oxygens (including phenoxy) is 1. The predicted molar refractivity (Wildman–Crippen MR) is 69.1 cm³/mol. The number of methoxy groups -OCH3 is 1. The molecule has 0 amide bonds.